The maximum absolute atomic E-state index is 13.6. The number of fused-ring (bicyclic) bond motifs is 1. The van der Waals surface area contributed by atoms with E-state index < -0.39 is 22.4 Å². The molecule has 2 aromatic heterocycles. The molecular formula is C19H11BrCl2FN3O2. The van der Waals surface area contributed by atoms with Gasteiger partial charge in [-0.25, -0.2) is 8.91 Å². The Morgan fingerprint density at radius 2 is 2.14 bits per heavy atom. The van der Waals surface area contributed by atoms with Gasteiger partial charge < -0.3 is 4.74 Å². The molecule has 2 heterocycles. The summed E-state index contributed by atoms with van der Waals surface area (Å²) in [5.74, 6) is -0.993. The molecule has 5 nitrogen and oxygen atoms in total. The zero-order chi connectivity index (χ0) is 19.9. The lowest BCUT2D eigenvalue weighted by Gasteiger charge is -2.35. The molecule has 3 aromatic rings. The SMILES string of the molecule is O=c1ncn2ncccc2c1C1C(Cl)=CC=CC1(Cl)Oc1ccc(F)c(Br)c1. The highest BCUT2D eigenvalue weighted by molar-refractivity contribution is 9.10. The first-order valence-electron chi connectivity index (χ1n) is 8.09. The molecule has 142 valence electrons. The number of benzene rings is 1. The lowest BCUT2D eigenvalue weighted by atomic mass is 9.89. The van der Waals surface area contributed by atoms with E-state index >= 15 is 0 Å². The molecule has 1 aliphatic rings. The Morgan fingerprint density at radius 1 is 1.32 bits per heavy atom. The van der Waals surface area contributed by atoms with E-state index in [1.807, 2.05) is 0 Å². The van der Waals surface area contributed by atoms with E-state index in [0.717, 1.165) is 0 Å². The molecule has 0 saturated carbocycles. The van der Waals surface area contributed by atoms with Crippen molar-refractivity contribution >= 4 is 44.6 Å². The van der Waals surface area contributed by atoms with E-state index in [1.165, 1.54) is 29.0 Å². The molecule has 0 N–H and O–H groups in total. The highest BCUT2D eigenvalue weighted by atomic mass is 79.9. The van der Waals surface area contributed by atoms with Crippen LogP contribution in [0, 0.1) is 5.82 Å². The Labute approximate surface area is 177 Å². The smallest absolute Gasteiger partial charge is 0.277 e. The minimum atomic E-state index is -1.53. The van der Waals surface area contributed by atoms with E-state index in [9.17, 15) is 9.18 Å². The van der Waals surface area contributed by atoms with Gasteiger partial charge in [-0.2, -0.15) is 10.1 Å². The van der Waals surface area contributed by atoms with Crippen molar-refractivity contribution in [2.45, 2.75) is 11.0 Å². The third kappa shape index (κ3) is 3.34. The number of allylic oxidation sites excluding steroid dienone is 2. The van der Waals surface area contributed by atoms with Gasteiger partial charge in [0.05, 0.1) is 21.5 Å². The van der Waals surface area contributed by atoms with Gasteiger partial charge >= 0.3 is 0 Å². The summed E-state index contributed by atoms with van der Waals surface area (Å²) in [6, 6.07) is 7.56. The van der Waals surface area contributed by atoms with Gasteiger partial charge in [-0.3, -0.25) is 4.79 Å². The van der Waals surface area contributed by atoms with Crippen molar-refractivity contribution in [3.05, 3.63) is 92.3 Å². The highest BCUT2D eigenvalue weighted by Gasteiger charge is 2.44. The number of hydrogen-bond donors (Lipinski definition) is 0. The van der Waals surface area contributed by atoms with Crippen LogP contribution >= 0.6 is 39.1 Å². The van der Waals surface area contributed by atoms with Gasteiger partial charge in [0.1, 0.15) is 17.9 Å². The third-order valence-corrected chi connectivity index (χ3v) is 5.64. The maximum Gasteiger partial charge on any atom is 0.277 e. The summed E-state index contributed by atoms with van der Waals surface area (Å²) < 4.78 is 21.2. The third-order valence-electron chi connectivity index (χ3n) is 4.27. The van der Waals surface area contributed by atoms with E-state index in [2.05, 4.69) is 26.0 Å². The van der Waals surface area contributed by atoms with Gasteiger partial charge in [0.2, 0.25) is 5.06 Å². The fourth-order valence-electron chi connectivity index (χ4n) is 3.05. The fourth-order valence-corrected chi connectivity index (χ4v) is 4.19. The molecule has 4 rings (SSSR count). The summed E-state index contributed by atoms with van der Waals surface area (Å²) >= 11 is 16.4. The number of hydrogen-bond acceptors (Lipinski definition) is 4. The van der Waals surface area contributed by atoms with Crippen LogP contribution in [-0.4, -0.2) is 19.7 Å². The zero-order valence-electron chi connectivity index (χ0n) is 14.0. The summed E-state index contributed by atoms with van der Waals surface area (Å²) in [4.78, 5) is 16.6. The first kappa shape index (κ1) is 19.1. The molecule has 28 heavy (non-hydrogen) atoms. The van der Waals surface area contributed by atoms with Crippen molar-refractivity contribution in [1.82, 2.24) is 14.6 Å². The van der Waals surface area contributed by atoms with Crippen LogP contribution in [0.1, 0.15) is 11.5 Å². The summed E-state index contributed by atoms with van der Waals surface area (Å²) in [6.07, 6.45) is 7.75. The predicted molar refractivity (Wildman–Crippen MR) is 108 cm³/mol. The standard InChI is InChI=1S/C19H11BrCl2FN3O2/c20-12-9-11(5-6-14(12)23)28-19(22)7-1-3-13(21)17(19)16-15-4-2-8-25-26(15)10-24-18(16)27/h1-10,17H. The second-order valence-corrected chi connectivity index (χ2v) is 7.92. The number of nitrogens with zero attached hydrogens (tertiary/aromatic N) is 3. The van der Waals surface area contributed by atoms with Crippen LogP contribution in [0.25, 0.3) is 5.52 Å². The summed E-state index contributed by atoms with van der Waals surface area (Å²) in [5, 5.41) is 2.93. The Kier molecular flexibility index (Phi) is 4.99. The van der Waals surface area contributed by atoms with Crippen LogP contribution in [0.5, 0.6) is 5.75 Å². The van der Waals surface area contributed by atoms with E-state index in [4.69, 9.17) is 27.9 Å². The van der Waals surface area contributed by atoms with Crippen molar-refractivity contribution in [2.75, 3.05) is 0 Å². The largest absolute Gasteiger partial charge is 0.467 e. The summed E-state index contributed by atoms with van der Waals surface area (Å²) in [6.45, 7) is 0. The second kappa shape index (κ2) is 7.31. The van der Waals surface area contributed by atoms with Gasteiger partial charge in [-0.15, -0.1) is 0 Å². The van der Waals surface area contributed by atoms with Crippen molar-refractivity contribution in [2.24, 2.45) is 0 Å². The Hall–Kier alpha value is -2.22. The van der Waals surface area contributed by atoms with Crippen molar-refractivity contribution in [1.29, 1.82) is 0 Å². The van der Waals surface area contributed by atoms with Gasteiger partial charge in [-0.1, -0.05) is 29.3 Å². The number of alkyl halides is 1. The zero-order valence-corrected chi connectivity index (χ0v) is 17.1. The quantitative estimate of drug-likeness (QED) is 0.504. The predicted octanol–water partition coefficient (Wildman–Crippen LogP) is 4.78. The maximum atomic E-state index is 13.6. The topological polar surface area (TPSA) is 56.5 Å². The Bertz CT molecular complexity index is 1200. The number of halogens is 4. The highest BCUT2D eigenvalue weighted by Crippen LogP contribution is 2.46. The molecule has 0 aliphatic heterocycles. The molecule has 2 atom stereocenters. The van der Waals surface area contributed by atoms with E-state index in [1.54, 1.807) is 36.6 Å². The molecule has 0 fully saturated rings. The van der Waals surface area contributed by atoms with Crippen molar-refractivity contribution in [3.63, 3.8) is 0 Å². The second-order valence-electron chi connectivity index (χ2n) is 6.04. The van der Waals surface area contributed by atoms with Gasteiger partial charge in [0, 0.05) is 11.2 Å². The van der Waals surface area contributed by atoms with Crippen LogP contribution in [0.15, 0.2) is 75.4 Å². The van der Waals surface area contributed by atoms with E-state index in [0.29, 0.717) is 16.3 Å². The normalized spacial score (nSPS) is 21.6. The van der Waals surface area contributed by atoms with Crippen LogP contribution in [0.3, 0.4) is 0 Å². The van der Waals surface area contributed by atoms with E-state index in [-0.39, 0.29) is 10.0 Å². The van der Waals surface area contributed by atoms with Gasteiger partial charge in [-0.05, 0) is 58.4 Å². The molecule has 0 bridgehead atoms. The van der Waals surface area contributed by atoms with Crippen molar-refractivity contribution in [3.8, 4) is 5.75 Å². The molecule has 9 heteroatoms. The lowest BCUT2D eigenvalue weighted by molar-refractivity contribution is 0.187. The first-order valence-corrected chi connectivity index (χ1v) is 9.64. The number of rotatable bonds is 3. The first-order chi connectivity index (χ1) is 13.4. The minimum Gasteiger partial charge on any atom is -0.467 e. The molecule has 0 spiro atoms. The molecule has 0 radical (unpaired) electrons. The monoisotopic (exact) mass is 481 g/mol. The van der Waals surface area contributed by atoms with Crippen LogP contribution < -0.4 is 10.3 Å². The Morgan fingerprint density at radius 3 is 2.93 bits per heavy atom. The minimum absolute atomic E-state index is 0.222. The van der Waals surface area contributed by atoms with Crippen LogP contribution in [-0.2, 0) is 0 Å². The van der Waals surface area contributed by atoms with Gasteiger partial charge in [0.15, 0.2) is 0 Å². The summed E-state index contributed by atoms with van der Waals surface area (Å²) in [7, 11) is 0. The summed E-state index contributed by atoms with van der Waals surface area (Å²) in [5.41, 5.74) is 0.259. The molecule has 1 aliphatic carbocycles. The molecule has 1 aromatic carbocycles. The molecular weight excluding hydrogens is 472 g/mol. The van der Waals surface area contributed by atoms with Crippen LogP contribution in [0.2, 0.25) is 0 Å². The average Bonchev–Trinajstić information content (AvgIpc) is 2.66. The van der Waals surface area contributed by atoms with Gasteiger partial charge in [0.25, 0.3) is 5.56 Å². The lowest BCUT2D eigenvalue weighted by Crippen LogP contribution is -2.39. The molecule has 2 unspecified atom stereocenters. The van der Waals surface area contributed by atoms with Crippen LogP contribution in [0.4, 0.5) is 4.39 Å². The average molecular weight is 483 g/mol. The molecule has 0 amide bonds. The fraction of sp³-hybridized carbons (Fsp3) is 0.105. The van der Waals surface area contributed by atoms with Crippen molar-refractivity contribution < 1.29 is 9.13 Å². The number of aromatic nitrogens is 3. The Balaban J connectivity index is 1.88. The number of ether oxygens (including phenoxy) is 1. The molecule has 0 saturated heterocycles.